The Balaban J connectivity index is 2.20. The second kappa shape index (κ2) is 10.4. The van der Waals surface area contributed by atoms with Gasteiger partial charge in [-0.25, -0.2) is 0 Å². The Hall–Kier alpha value is -0.300. The molecule has 0 aliphatic carbocycles. The summed E-state index contributed by atoms with van der Waals surface area (Å²) in [4.78, 5) is 0.527. The topological polar surface area (TPSA) is 0 Å². The van der Waals surface area contributed by atoms with E-state index in [-0.39, 0.29) is 0 Å². The van der Waals surface area contributed by atoms with Crippen LogP contribution in [-0.2, 0) is 0 Å². The van der Waals surface area contributed by atoms with Crippen LogP contribution in [0.5, 0.6) is 0 Å². The quantitative estimate of drug-likeness (QED) is 0.308. The maximum absolute atomic E-state index is 3.84. The number of alkyl halides is 1. The standard InChI is InChI=1S/C19H31Br/c1-4-5-6-7-8-9-10-11-19(20)18-14-12-17(13-15-18)16(2)3/h12-16,19H,4-11H2,1-3H3. The van der Waals surface area contributed by atoms with Gasteiger partial charge in [0.25, 0.3) is 0 Å². The summed E-state index contributed by atoms with van der Waals surface area (Å²) in [7, 11) is 0. The zero-order valence-corrected chi connectivity index (χ0v) is 15.1. The molecule has 0 aromatic heterocycles. The minimum Gasteiger partial charge on any atom is -0.0839 e. The highest BCUT2D eigenvalue weighted by Gasteiger charge is 2.07. The van der Waals surface area contributed by atoms with Gasteiger partial charge >= 0.3 is 0 Å². The van der Waals surface area contributed by atoms with Crippen LogP contribution in [0, 0.1) is 0 Å². The predicted octanol–water partition coefficient (Wildman–Crippen LogP) is 7.39. The van der Waals surface area contributed by atoms with Crippen LogP contribution in [-0.4, -0.2) is 0 Å². The van der Waals surface area contributed by atoms with E-state index in [2.05, 4.69) is 61.0 Å². The number of unbranched alkanes of at least 4 members (excludes halogenated alkanes) is 6. The van der Waals surface area contributed by atoms with E-state index in [0.29, 0.717) is 10.7 Å². The van der Waals surface area contributed by atoms with Crippen LogP contribution >= 0.6 is 15.9 Å². The van der Waals surface area contributed by atoms with Crippen LogP contribution in [0.4, 0.5) is 0 Å². The lowest BCUT2D eigenvalue weighted by atomic mass is 9.99. The van der Waals surface area contributed by atoms with Crippen LogP contribution in [0.25, 0.3) is 0 Å². The molecule has 0 N–H and O–H groups in total. The number of halogens is 1. The highest BCUT2D eigenvalue weighted by atomic mass is 79.9. The molecule has 0 heterocycles. The van der Waals surface area contributed by atoms with Gasteiger partial charge in [-0.3, -0.25) is 0 Å². The van der Waals surface area contributed by atoms with E-state index in [9.17, 15) is 0 Å². The lowest BCUT2D eigenvalue weighted by Crippen LogP contribution is -1.93. The van der Waals surface area contributed by atoms with Crippen molar-refractivity contribution in [2.24, 2.45) is 0 Å². The van der Waals surface area contributed by atoms with E-state index in [4.69, 9.17) is 0 Å². The average molecular weight is 339 g/mol. The van der Waals surface area contributed by atoms with Gasteiger partial charge in [0.15, 0.2) is 0 Å². The fraction of sp³-hybridized carbons (Fsp3) is 0.684. The van der Waals surface area contributed by atoms with E-state index in [1.165, 1.54) is 62.5 Å². The van der Waals surface area contributed by atoms with Crippen LogP contribution < -0.4 is 0 Å². The smallest absolute Gasteiger partial charge is 0.0395 e. The molecule has 1 aromatic rings. The van der Waals surface area contributed by atoms with Crippen molar-refractivity contribution in [1.82, 2.24) is 0 Å². The van der Waals surface area contributed by atoms with Crippen molar-refractivity contribution < 1.29 is 0 Å². The molecule has 0 fully saturated rings. The summed E-state index contributed by atoms with van der Waals surface area (Å²) in [6.07, 6.45) is 11.0. The molecule has 0 saturated heterocycles. The summed E-state index contributed by atoms with van der Waals surface area (Å²) in [5.74, 6) is 0.626. The maximum Gasteiger partial charge on any atom is 0.0395 e. The number of benzene rings is 1. The third-order valence-electron chi connectivity index (χ3n) is 4.03. The van der Waals surface area contributed by atoms with Gasteiger partial charge in [0.05, 0.1) is 0 Å². The van der Waals surface area contributed by atoms with Crippen LogP contribution in [0.1, 0.15) is 94.0 Å². The first-order valence-corrected chi connectivity index (χ1v) is 9.30. The Morgan fingerprint density at radius 3 is 1.85 bits per heavy atom. The fourth-order valence-electron chi connectivity index (χ4n) is 2.54. The minimum absolute atomic E-state index is 0.527. The molecule has 1 unspecified atom stereocenters. The van der Waals surface area contributed by atoms with Crippen molar-refractivity contribution in [2.45, 2.75) is 82.9 Å². The van der Waals surface area contributed by atoms with Gasteiger partial charge in [-0.15, -0.1) is 0 Å². The molecule has 0 spiro atoms. The van der Waals surface area contributed by atoms with Crippen molar-refractivity contribution in [3.8, 4) is 0 Å². The largest absolute Gasteiger partial charge is 0.0839 e. The Morgan fingerprint density at radius 2 is 1.30 bits per heavy atom. The zero-order valence-electron chi connectivity index (χ0n) is 13.5. The Morgan fingerprint density at radius 1 is 0.800 bits per heavy atom. The first-order chi connectivity index (χ1) is 9.65. The average Bonchev–Trinajstić information content (AvgIpc) is 2.46. The second-order valence-electron chi connectivity index (χ2n) is 6.20. The summed E-state index contributed by atoms with van der Waals surface area (Å²) in [5.41, 5.74) is 2.87. The van der Waals surface area contributed by atoms with Gasteiger partial charge in [-0.05, 0) is 23.5 Å². The predicted molar refractivity (Wildman–Crippen MR) is 94.8 cm³/mol. The van der Waals surface area contributed by atoms with Crippen molar-refractivity contribution >= 4 is 15.9 Å². The molecule has 0 radical (unpaired) electrons. The molecule has 1 heteroatoms. The summed E-state index contributed by atoms with van der Waals surface area (Å²) in [5, 5.41) is 0. The first-order valence-electron chi connectivity index (χ1n) is 8.39. The Kier molecular flexibility index (Phi) is 9.26. The molecule has 1 rings (SSSR count). The molecular weight excluding hydrogens is 308 g/mol. The molecule has 0 aliphatic rings. The molecule has 1 aromatic carbocycles. The van der Waals surface area contributed by atoms with Crippen LogP contribution in [0.15, 0.2) is 24.3 Å². The SMILES string of the molecule is CCCCCCCCCC(Br)c1ccc(C(C)C)cc1. The minimum atomic E-state index is 0.527. The van der Waals surface area contributed by atoms with E-state index >= 15 is 0 Å². The van der Waals surface area contributed by atoms with Crippen molar-refractivity contribution in [2.75, 3.05) is 0 Å². The van der Waals surface area contributed by atoms with Gasteiger partial charge in [-0.1, -0.05) is 106 Å². The van der Waals surface area contributed by atoms with Crippen molar-refractivity contribution in [3.05, 3.63) is 35.4 Å². The highest BCUT2D eigenvalue weighted by molar-refractivity contribution is 9.09. The monoisotopic (exact) mass is 338 g/mol. The van der Waals surface area contributed by atoms with Crippen LogP contribution in [0.2, 0.25) is 0 Å². The molecule has 0 amide bonds. The maximum atomic E-state index is 3.84. The van der Waals surface area contributed by atoms with Gasteiger partial charge in [-0.2, -0.15) is 0 Å². The van der Waals surface area contributed by atoms with Gasteiger partial charge in [0.1, 0.15) is 0 Å². The summed E-state index contributed by atoms with van der Waals surface area (Å²) in [6, 6.07) is 9.13. The number of hydrogen-bond donors (Lipinski definition) is 0. The number of hydrogen-bond acceptors (Lipinski definition) is 0. The summed E-state index contributed by atoms with van der Waals surface area (Å²) in [6.45, 7) is 6.78. The molecule has 0 bridgehead atoms. The lowest BCUT2D eigenvalue weighted by molar-refractivity contribution is 0.574. The number of rotatable bonds is 10. The van der Waals surface area contributed by atoms with E-state index in [1.807, 2.05) is 0 Å². The van der Waals surface area contributed by atoms with E-state index in [0.717, 1.165) is 0 Å². The van der Waals surface area contributed by atoms with Gasteiger partial charge < -0.3 is 0 Å². The van der Waals surface area contributed by atoms with Gasteiger partial charge in [0, 0.05) is 4.83 Å². The van der Waals surface area contributed by atoms with E-state index in [1.54, 1.807) is 0 Å². The Labute approximate surface area is 134 Å². The van der Waals surface area contributed by atoms with Crippen LogP contribution in [0.3, 0.4) is 0 Å². The molecule has 0 saturated carbocycles. The molecular formula is C19H31Br. The molecule has 0 aliphatic heterocycles. The second-order valence-corrected chi connectivity index (χ2v) is 7.30. The van der Waals surface area contributed by atoms with Gasteiger partial charge in [0.2, 0.25) is 0 Å². The highest BCUT2D eigenvalue weighted by Crippen LogP contribution is 2.29. The zero-order chi connectivity index (χ0) is 14.8. The molecule has 114 valence electrons. The summed E-state index contributed by atoms with van der Waals surface area (Å²) >= 11 is 3.84. The molecule has 0 nitrogen and oxygen atoms in total. The molecule has 20 heavy (non-hydrogen) atoms. The third-order valence-corrected chi connectivity index (χ3v) is 5.01. The van der Waals surface area contributed by atoms with Crippen molar-refractivity contribution in [3.63, 3.8) is 0 Å². The van der Waals surface area contributed by atoms with E-state index < -0.39 is 0 Å². The normalized spacial score (nSPS) is 12.8. The Bertz CT molecular complexity index is 339. The lowest BCUT2D eigenvalue weighted by Gasteiger charge is -2.12. The van der Waals surface area contributed by atoms with Crippen molar-refractivity contribution in [1.29, 1.82) is 0 Å². The summed E-state index contributed by atoms with van der Waals surface area (Å²) < 4.78 is 0. The fourth-order valence-corrected chi connectivity index (χ4v) is 3.17. The molecule has 1 atom stereocenters. The first kappa shape index (κ1) is 17.8. The third kappa shape index (κ3) is 6.92.